The molecule has 0 atom stereocenters. The Kier molecular flexibility index (Phi) is 8.22. The Labute approximate surface area is 184 Å². The Balaban J connectivity index is 0.00000280. The van der Waals surface area contributed by atoms with E-state index in [4.69, 9.17) is 5.41 Å². The van der Waals surface area contributed by atoms with Crippen LogP contribution in [0.1, 0.15) is 24.2 Å². The number of halogens is 2. The number of rotatable bonds is 8. The zero-order valence-electron chi connectivity index (χ0n) is 16.2. The molecule has 0 aliphatic carbocycles. The number of Topliss-reactive ketones (excluding diaryl/α,β-unsaturated/α-hetero) is 1. The average Bonchev–Trinajstić information content (AvgIpc) is 2.94. The normalized spacial score (nSPS) is 11.0. The number of hydrogen-bond acceptors (Lipinski definition) is 3. The lowest BCUT2D eigenvalue weighted by molar-refractivity contribution is 0.0971. The highest BCUT2D eigenvalue weighted by Crippen LogP contribution is 2.16. The van der Waals surface area contributed by atoms with E-state index in [9.17, 15) is 4.79 Å². The van der Waals surface area contributed by atoms with Crippen LogP contribution < -0.4 is 5.62 Å². The first-order valence-corrected chi connectivity index (χ1v) is 10.1. The number of ketones is 1. The molecule has 0 unspecified atom stereocenters. The Morgan fingerprint density at radius 3 is 2.29 bits per heavy atom. The maximum atomic E-state index is 12.8. The van der Waals surface area contributed by atoms with Gasteiger partial charge in [0.15, 0.2) is 5.78 Å². The van der Waals surface area contributed by atoms with Gasteiger partial charge in [0.2, 0.25) is 5.62 Å². The topological polar surface area (TPSA) is 54.0 Å². The summed E-state index contributed by atoms with van der Waals surface area (Å²) < 4.78 is 4.69. The third-order valence-electron chi connectivity index (χ3n) is 4.96. The number of fused-ring (bicyclic) bond motifs is 1. The number of imidazole rings is 1. The standard InChI is InChI=1S/C21H25BrN4O.BrH/c1-3-24(4-2)12-13-25-18-10-5-6-11-19(18)26(21(25)23)15-20(27)16-8-7-9-17(22)14-16;/h5-11,14,23H,3-4,12-13,15H2,1-2H3;1H. The molecule has 3 aromatic rings. The predicted octanol–water partition coefficient (Wildman–Crippen LogP) is 4.49. The number of para-hydroxylation sites is 2. The molecule has 1 heterocycles. The second-order valence-corrected chi connectivity index (χ2v) is 7.43. The van der Waals surface area contributed by atoms with Crippen molar-refractivity contribution in [3.8, 4) is 0 Å². The number of nitrogens with zero attached hydrogens (tertiary/aromatic N) is 3. The van der Waals surface area contributed by atoms with Gasteiger partial charge in [-0.05, 0) is 37.4 Å². The summed E-state index contributed by atoms with van der Waals surface area (Å²) in [5, 5.41) is 8.68. The molecule has 0 aliphatic heterocycles. The summed E-state index contributed by atoms with van der Waals surface area (Å²) in [6, 6.07) is 15.3. The van der Waals surface area contributed by atoms with Gasteiger partial charge in [0.25, 0.3) is 0 Å². The minimum Gasteiger partial charge on any atom is -0.309 e. The van der Waals surface area contributed by atoms with Crippen LogP contribution in [0, 0.1) is 5.41 Å². The van der Waals surface area contributed by atoms with Crippen molar-refractivity contribution in [1.29, 1.82) is 5.41 Å². The molecule has 0 saturated carbocycles. The van der Waals surface area contributed by atoms with Crippen LogP contribution in [-0.4, -0.2) is 39.5 Å². The van der Waals surface area contributed by atoms with E-state index in [1.807, 2.05) is 53.1 Å². The highest BCUT2D eigenvalue weighted by atomic mass is 79.9. The largest absolute Gasteiger partial charge is 0.309 e. The molecule has 0 amide bonds. The first-order valence-electron chi connectivity index (χ1n) is 9.29. The van der Waals surface area contributed by atoms with Crippen molar-refractivity contribution in [2.24, 2.45) is 0 Å². The third-order valence-corrected chi connectivity index (χ3v) is 5.45. The van der Waals surface area contributed by atoms with Gasteiger partial charge in [-0.15, -0.1) is 17.0 Å². The number of likely N-dealkylation sites (N-methyl/N-ethyl adjacent to an activating group) is 1. The fraction of sp³-hybridized carbons (Fsp3) is 0.333. The monoisotopic (exact) mass is 508 g/mol. The van der Waals surface area contributed by atoms with Crippen molar-refractivity contribution in [2.45, 2.75) is 26.9 Å². The lowest BCUT2D eigenvalue weighted by Gasteiger charge is -2.18. The Morgan fingerprint density at radius 1 is 1.04 bits per heavy atom. The number of carbonyl (C=O) groups is 1. The summed E-state index contributed by atoms with van der Waals surface area (Å²) >= 11 is 3.42. The zero-order chi connectivity index (χ0) is 19.4. The molecule has 1 N–H and O–H groups in total. The molecule has 2 aromatic carbocycles. The van der Waals surface area contributed by atoms with Crippen molar-refractivity contribution in [2.75, 3.05) is 19.6 Å². The van der Waals surface area contributed by atoms with E-state index in [2.05, 4.69) is 34.7 Å². The fourth-order valence-corrected chi connectivity index (χ4v) is 3.76. The van der Waals surface area contributed by atoms with Crippen LogP contribution in [-0.2, 0) is 13.1 Å². The SMILES string of the molecule is Br.CCN(CC)CCn1c(=N)n(CC(=O)c2cccc(Br)c2)c2ccccc21. The minimum atomic E-state index is 0. The van der Waals surface area contributed by atoms with Crippen molar-refractivity contribution >= 4 is 49.7 Å². The van der Waals surface area contributed by atoms with Crippen LogP contribution in [0.25, 0.3) is 11.0 Å². The fourth-order valence-electron chi connectivity index (χ4n) is 3.36. The molecule has 7 heteroatoms. The van der Waals surface area contributed by atoms with Crippen molar-refractivity contribution in [1.82, 2.24) is 14.0 Å². The molecule has 0 bridgehead atoms. The summed E-state index contributed by atoms with van der Waals surface area (Å²) in [6.07, 6.45) is 0. The average molecular weight is 510 g/mol. The number of hydrogen-bond donors (Lipinski definition) is 1. The molecule has 0 spiro atoms. The predicted molar refractivity (Wildman–Crippen MR) is 122 cm³/mol. The highest BCUT2D eigenvalue weighted by molar-refractivity contribution is 9.10. The van der Waals surface area contributed by atoms with Crippen LogP contribution in [0.5, 0.6) is 0 Å². The first-order chi connectivity index (χ1) is 13.0. The van der Waals surface area contributed by atoms with Crippen molar-refractivity contribution in [3.05, 3.63) is 64.2 Å². The Bertz CT molecular complexity index is 1010. The summed E-state index contributed by atoms with van der Waals surface area (Å²) in [7, 11) is 0. The van der Waals surface area contributed by atoms with E-state index in [0.29, 0.717) is 11.2 Å². The van der Waals surface area contributed by atoms with Gasteiger partial charge >= 0.3 is 0 Å². The molecular weight excluding hydrogens is 484 g/mol. The van der Waals surface area contributed by atoms with E-state index in [0.717, 1.165) is 41.7 Å². The van der Waals surface area contributed by atoms with Crippen LogP contribution in [0.4, 0.5) is 0 Å². The summed E-state index contributed by atoms with van der Waals surface area (Å²) in [5.41, 5.74) is 2.94. The second-order valence-electron chi connectivity index (χ2n) is 6.51. The number of carbonyl (C=O) groups excluding carboxylic acids is 1. The molecule has 3 rings (SSSR count). The van der Waals surface area contributed by atoms with Gasteiger partial charge in [-0.3, -0.25) is 10.2 Å². The molecule has 0 fully saturated rings. The molecule has 150 valence electrons. The van der Waals surface area contributed by atoms with E-state index in [1.54, 1.807) is 4.57 Å². The maximum absolute atomic E-state index is 12.8. The molecule has 1 aromatic heterocycles. The number of nitrogens with one attached hydrogen (secondary N) is 1. The van der Waals surface area contributed by atoms with Gasteiger partial charge in [-0.2, -0.15) is 0 Å². The van der Waals surface area contributed by atoms with E-state index >= 15 is 0 Å². The quantitative estimate of drug-likeness (QED) is 0.455. The van der Waals surface area contributed by atoms with Gasteiger partial charge < -0.3 is 14.0 Å². The number of aromatic nitrogens is 2. The van der Waals surface area contributed by atoms with E-state index in [-0.39, 0.29) is 29.3 Å². The lowest BCUT2D eigenvalue weighted by atomic mass is 10.1. The molecule has 0 aliphatic rings. The summed E-state index contributed by atoms with van der Waals surface area (Å²) in [4.78, 5) is 15.1. The van der Waals surface area contributed by atoms with Gasteiger partial charge in [0.05, 0.1) is 17.6 Å². The van der Waals surface area contributed by atoms with Crippen LogP contribution >= 0.6 is 32.9 Å². The Hall–Kier alpha value is -1.70. The van der Waals surface area contributed by atoms with Crippen LogP contribution in [0.15, 0.2) is 53.0 Å². The van der Waals surface area contributed by atoms with Gasteiger partial charge in [-0.25, -0.2) is 0 Å². The van der Waals surface area contributed by atoms with Crippen LogP contribution in [0.2, 0.25) is 0 Å². The molecule has 0 saturated heterocycles. The third kappa shape index (κ3) is 4.82. The number of benzene rings is 2. The zero-order valence-corrected chi connectivity index (χ0v) is 19.5. The molecule has 28 heavy (non-hydrogen) atoms. The smallest absolute Gasteiger partial charge is 0.203 e. The van der Waals surface area contributed by atoms with Gasteiger partial charge in [-0.1, -0.05) is 54.0 Å². The molecule has 5 nitrogen and oxygen atoms in total. The lowest BCUT2D eigenvalue weighted by Crippen LogP contribution is -2.32. The van der Waals surface area contributed by atoms with Gasteiger partial charge in [0, 0.05) is 23.1 Å². The minimum absolute atomic E-state index is 0. The second kappa shape index (κ2) is 10.2. The van der Waals surface area contributed by atoms with Crippen molar-refractivity contribution < 1.29 is 4.79 Å². The first kappa shape index (κ1) is 22.6. The highest BCUT2D eigenvalue weighted by Gasteiger charge is 2.15. The maximum Gasteiger partial charge on any atom is 0.203 e. The summed E-state index contributed by atoms with van der Waals surface area (Å²) in [5.74, 6) is 0.00134. The van der Waals surface area contributed by atoms with Crippen LogP contribution in [0.3, 0.4) is 0 Å². The molecular formula is C21H26Br2N4O. The summed E-state index contributed by atoms with van der Waals surface area (Å²) in [6.45, 7) is 8.06. The van der Waals surface area contributed by atoms with E-state index < -0.39 is 0 Å². The van der Waals surface area contributed by atoms with E-state index in [1.165, 1.54) is 0 Å². The van der Waals surface area contributed by atoms with Gasteiger partial charge in [0.1, 0.15) is 0 Å². The Morgan fingerprint density at radius 2 is 1.68 bits per heavy atom. The molecule has 0 radical (unpaired) electrons. The van der Waals surface area contributed by atoms with Crippen molar-refractivity contribution in [3.63, 3.8) is 0 Å².